The molecule has 5 rings (SSSR count). The number of aromatic amines is 1. The van der Waals surface area contributed by atoms with Crippen LogP contribution in [-0.4, -0.2) is 43.4 Å². The summed E-state index contributed by atoms with van der Waals surface area (Å²) in [5.74, 6) is -0.124. The third kappa shape index (κ3) is 3.57. The smallest absolute Gasteiger partial charge is 0.330 e. The molecule has 4 heterocycles. The fourth-order valence-corrected chi connectivity index (χ4v) is 4.77. The van der Waals surface area contributed by atoms with Gasteiger partial charge in [-0.1, -0.05) is 30.3 Å². The standard InChI is InChI=1S/C22H19N5O3S/c28-20-16-7-4-10-23-18(16)25-22(30)27(20)15-8-11-26(12-9-15)21(29)17-13-31-19(24-17)14-5-2-1-3-6-14/h1-7,10,13,15H,8-9,11-12H2,(H,23,25,30). The number of rotatable bonds is 3. The van der Waals surface area contributed by atoms with E-state index in [0.29, 0.717) is 42.7 Å². The Balaban J connectivity index is 1.33. The molecule has 0 unspecified atom stereocenters. The van der Waals surface area contributed by atoms with Gasteiger partial charge in [-0.05, 0) is 25.0 Å². The lowest BCUT2D eigenvalue weighted by atomic mass is 10.0. The maximum absolute atomic E-state index is 12.9. The number of hydrogen-bond donors (Lipinski definition) is 1. The molecule has 0 saturated carbocycles. The van der Waals surface area contributed by atoms with Crippen LogP contribution >= 0.6 is 11.3 Å². The van der Waals surface area contributed by atoms with Crippen LogP contribution in [0.1, 0.15) is 29.4 Å². The molecule has 1 aliphatic heterocycles. The Labute approximate surface area is 180 Å². The number of aromatic nitrogens is 4. The van der Waals surface area contributed by atoms with E-state index in [1.165, 1.54) is 22.1 Å². The Morgan fingerprint density at radius 1 is 1.06 bits per heavy atom. The molecule has 31 heavy (non-hydrogen) atoms. The van der Waals surface area contributed by atoms with Crippen molar-refractivity contribution >= 4 is 28.3 Å². The van der Waals surface area contributed by atoms with Gasteiger partial charge in [0.1, 0.15) is 16.3 Å². The third-order valence-corrected chi connectivity index (χ3v) is 6.45. The Morgan fingerprint density at radius 3 is 2.61 bits per heavy atom. The molecule has 0 aliphatic carbocycles. The summed E-state index contributed by atoms with van der Waals surface area (Å²) in [5, 5.41) is 2.97. The molecule has 9 heteroatoms. The van der Waals surface area contributed by atoms with Crippen LogP contribution in [0.3, 0.4) is 0 Å². The first-order valence-corrected chi connectivity index (χ1v) is 10.9. The van der Waals surface area contributed by atoms with E-state index in [1.807, 2.05) is 30.3 Å². The van der Waals surface area contributed by atoms with Crippen LogP contribution < -0.4 is 11.2 Å². The van der Waals surface area contributed by atoms with Gasteiger partial charge in [-0.25, -0.2) is 14.8 Å². The number of amides is 1. The lowest BCUT2D eigenvalue weighted by molar-refractivity contribution is 0.0687. The predicted octanol–water partition coefficient (Wildman–Crippen LogP) is 2.69. The Morgan fingerprint density at radius 2 is 1.84 bits per heavy atom. The molecule has 1 saturated heterocycles. The van der Waals surface area contributed by atoms with Crippen LogP contribution in [0.15, 0.2) is 63.6 Å². The van der Waals surface area contributed by atoms with Gasteiger partial charge in [-0.2, -0.15) is 0 Å². The van der Waals surface area contributed by atoms with Crippen LogP contribution in [0.2, 0.25) is 0 Å². The number of fused-ring (bicyclic) bond motifs is 1. The minimum absolute atomic E-state index is 0.124. The lowest BCUT2D eigenvalue weighted by Gasteiger charge is -2.32. The number of H-pyrrole nitrogens is 1. The van der Waals surface area contributed by atoms with Crippen molar-refractivity contribution in [3.05, 3.63) is 80.6 Å². The summed E-state index contributed by atoms with van der Waals surface area (Å²) in [7, 11) is 0. The number of nitrogens with one attached hydrogen (secondary N) is 1. The summed E-state index contributed by atoms with van der Waals surface area (Å²) in [5.41, 5.74) is 0.888. The Hall–Kier alpha value is -3.59. The van der Waals surface area contributed by atoms with Crippen molar-refractivity contribution in [2.45, 2.75) is 18.9 Å². The van der Waals surface area contributed by atoms with Gasteiger partial charge >= 0.3 is 5.69 Å². The fourth-order valence-electron chi connectivity index (χ4n) is 3.97. The van der Waals surface area contributed by atoms with Gasteiger partial charge < -0.3 is 4.90 Å². The number of carbonyl (C=O) groups is 1. The number of likely N-dealkylation sites (tertiary alicyclic amines) is 1. The molecular formula is C22H19N5O3S. The van der Waals surface area contributed by atoms with Crippen molar-refractivity contribution in [3.63, 3.8) is 0 Å². The molecule has 0 bridgehead atoms. The highest BCUT2D eigenvalue weighted by Gasteiger charge is 2.28. The topological polar surface area (TPSA) is 101 Å². The van der Waals surface area contributed by atoms with Gasteiger partial charge in [-0.3, -0.25) is 19.1 Å². The normalized spacial score (nSPS) is 14.8. The largest absolute Gasteiger partial charge is 0.337 e. The van der Waals surface area contributed by atoms with Gasteiger partial charge in [0.05, 0.1) is 5.39 Å². The average Bonchev–Trinajstić information content (AvgIpc) is 3.30. The fraction of sp³-hybridized carbons (Fsp3) is 0.227. The van der Waals surface area contributed by atoms with Gasteiger partial charge in [-0.15, -0.1) is 11.3 Å². The molecule has 0 radical (unpaired) electrons. The van der Waals surface area contributed by atoms with Crippen LogP contribution in [0.4, 0.5) is 0 Å². The maximum atomic E-state index is 12.9. The summed E-state index contributed by atoms with van der Waals surface area (Å²) in [6.07, 6.45) is 2.58. The molecule has 3 aromatic heterocycles. The first-order chi connectivity index (χ1) is 15.1. The third-order valence-electron chi connectivity index (χ3n) is 5.56. The van der Waals surface area contributed by atoms with Crippen molar-refractivity contribution in [2.24, 2.45) is 0 Å². The highest BCUT2D eigenvalue weighted by atomic mass is 32.1. The predicted molar refractivity (Wildman–Crippen MR) is 118 cm³/mol. The van der Waals surface area contributed by atoms with E-state index in [0.717, 1.165) is 10.6 Å². The lowest BCUT2D eigenvalue weighted by Crippen LogP contribution is -2.45. The Bertz CT molecular complexity index is 1370. The minimum Gasteiger partial charge on any atom is -0.337 e. The highest BCUT2D eigenvalue weighted by molar-refractivity contribution is 7.13. The summed E-state index contributed by atoms with van der Waals surface area (Å²) in [6, 6.07) is 12.8. The van der Waals surface area contributed by atoms with E-state index in [-0.39, 0.29) is 17.5 Å². The SMILES string of the molecule is O=C(c1csc(-c2ccccc2)n1)N1CCC(n2c(=O)[nH]c3ncccc3c2=O)CC1. The minimum atomic E-state index is -0.465. The molecule has 156 valence electrons. The number of hydrogen-bond acceptors (Lipinski definition) is 6. The summed E-state index contributed by atoms with van der Waals surface area (Å²) in [6.45, 7) is 0.914. The molecule has 0 spiro atoms. The molecular weight excluding hydrogens is 414 g/mol. The zero-order valence-corrected chi connectivity index (χ0v) is 17.3. The van der Waals surface area contributed by atoms with Gasteiger partial charge in [0.25, 0.3) is 11.5 Å². The van der Waals surface area contributed by atoms with Crippen molar-refractivity contribution in [1.82, 2.24) is 24.4 Å². The summed E-state index contributed by atoms with van der Waals surface area (Å²) in [4.78, 5) is 51.2. The second-order valence-corrected chi connectivity index (χ2v) is 8.29. The Kier molecular flexibility index (Phi) is 4.95. The molecule has 1 aliphatic rings. The zero-order valence-electron chi connectivity index (χ0n) is 16.5. The number of benzene rings is 1. The number of pyridine rings is 1. The van der Waals surface area contributed by atoms with Crippen molar-refractivity contribution in [3.8, 4) is 10.6 Å². The van der Waals surface area contributed by atoms with Crippen molar-refractivity contribution in [2.75, 3.05) is 13.1 Å². The summed E-state index contributed by atoms with van der Waals surface area (Å²) >= 11 is 1.44. The molecule has 1 aromatic carbocycles. The van der Waals surface area contributed by atoms with E-state index >= 15 is 0 Å². The number of thiazole rings is 1. The van der Waals surface area contributed by atoms with Crippen LogP contribution in [-0.2, 0) is 0 Å². The summed E-state index contributed by atoms with van der Waals surface area (Å²) < 4.78 is 1.27. The number of piperidine rings is 1. The molecule has 4 aromatic rings. The zero-order chi connectivity index (χ0) is 21.4. The number of carbonyl (C=O) groups excluding carboxylic acids is 1. The van der Waals surface area contributed by atoms with E-state index in [4.69, 9.17) is 0 Å². The average molecular weight is 433 g/mol. The first kappa shape index (κ1) is 19.4. The maximum Gasteiger partial charge on any atom is 0.330 e. The van der Waals surface area contributed by atoms with Crippen molar-refractivity contribution in [1.29, 1.82) is 0 Å². The number of nitrogens with zero attached hydrogens (tertiary/aromatic N) is 4. The van der Waals surface area contributed by atoms with Gasteiger partial charge in [0, 0.05) is 36.3 Å². The van der Waals surface area contributed by atoms with Crippen LogP contribution in [0.5, 0.6) is 0 Å². The monoisotopic (exact) mass is 433 g/mol. The first-order valence-electron chi connectivity index (χ1n) is 10.0. The van der Waals surface area contributed by atoms with E-state index in [2.05, 4.69) is 15.0 Å². The van der Waals surface area contributed by atoms with Gasteiger partial charge in [0.2, 0.25) is 0 Å². The second-order valence-electron chi connectivity index (χ2n) is 7.43. The van der Waals surface area contributed by atoms with E-state index in [9.17, 15) is 14.4 Å². The molecule has 0 atom stereocenters. The molecule has 1 fully saturated rings. The van der Waals surface area contributed by atoms with Crippen LogP contribution in [0, 0.1) is 0 Å². The second kappa shape index (κ2) is 7.92. The highest BCUT2D eigenvalue weighted by Crippen LogP contribution is 2.26. The van der Waals surface area contributed by atoms with Gasteiger partial charge in [0.15, 0.2) is 0 Å². The van der Waals surface area contributed by atoms with Crippen molar-refractivity contribution < 1.29 is 4.79 Å². The molecule has 1 N–H and O–H groups in total. The quantitative estimate of drug-likeness (QED) is 0.535. The van der Waals surface area contributed by atoms with E-state index < -0.39 is 5.69 Å². The molecule has 1 amide bonds. The molecule has 8 nitrogen and oxygen atoms in total. The van der Waals surface area contributed by atoms with Crippen LogP contribution in [0.25, 0.3) is 21.6 Å². The van der Waals surface area contributed by atoms with E-state index in [1.54, 1.807) is 22.4 Å².